The zero-order valence-corrected chi connectivity index (χ0v) is 11.4. The Morgan fingerprint density at radius 2 is 1.83 bits per heavy atom. The normalized spacial score (nSPS) is 14.1. The van der Waals surface area contributed by atoms with E-state index in [9.17, 15) is 4.79 Å². The SMILES string of the molecule is CCc1nnc(NC(=O)C(C)C(C)N)nc1CC. The third-order valence-corrected chi connectivity index (χ3v) is 2.95. The summed E-state index contributed by atoms with van der Waals surface area (Å²) in [5.41, 5.74) is 7.42. The van der Waals surface area contributed by atoms with E-state index in [1.807, 2.05) is 13.8 Å². The molecule has 1 aromatic rings. The first kappa shape index (κ1) is 14.5. The van der Waals surface area contributed by atoms with Gasteiger partial charge in [0.25, 0.3) is 0 Å². The summed E-state index contributed by atoms with van der Waals surface area (Å²) in [6, 6.07) is -0.210. The highest BCUT2D eigenvalue weighted by atomic mass is 16.2. The number of hydrogen-bond donors (Lipinski definition) is 2. The van der Waals surface area contributed by atoms with Gasteiger partial charge in [0.2, 0.25) is 11.9 Å². The average molecular weight is 251 g/mol. The zero-order valence-electron chi connectivity index (χ0n) is 11.4. The van der Waals surface area contributed by atoms with Crippen LogP contribution in [0.2, 0.25) is 0 Å². The van der Waals surface area contributed by atoms with E-state index >= 15 is 0 Å². The number of anilines is 1. The van der Waals surface area contributed by atoms with Crippen LogP contribution in [0.4, 0.5) is 5.95 Å². The second-order valence-electron chi connectivity index (χ2n) is 4.37. The molecule has 0 fully saturated rings. The fourth-order valence-corrected chi connectivity index (χ4v) is 1.45. The lowest BCUT2D eigenvalue weighted by Gasteiger charge is -2.14. The van der Waals surface area contributed by atoms with Crippen molar-refractivity contribution in [3.05, 3.63) is 11.4 Å². The van der Waals surface area contributed by atoms with Gasteiger partial charge in [0.05, 0.1) is 17.3 Å². The maximum absolute atomic E-state index is 11.8. The standard InChI is InChI=1S/C12H21N5O/c1-5-9-10(6-2)16-17-12(14-9)15-11(18)7(3)8(4)13/h7-8H,5-6,13H2,1-4H3,(H,14,15,17,18). The molecule has 0 saturated heterocycles. The molecule has 3 N–H and O–H groups in total. The molecule has 0 aliphatic carbocycles. The van der Waals surface area contributed by atoms with E-state index in [2.05, 4.69) is 20.5 Å². The van der Waals surface area contributed by atoms with Crippen LogP contribution in [0.1, 0.15) is 39.1 Å². The quantitative estimate of drug-likeness (QED) is 0.811. The van der Waals surface area contributed by atoms with Gasteiger partial charge in [0.1, 0.15) is 0 Å². The smallest absolute Gasteiger partial charge is 0.249 e. The van der Waals surface area contributed by atoms with Crippen LogP contribution in [0, 0.1) is 5.92 Å². The fourth-order valence-electron chi connectivity index (χ4n) is 1.45. The minimum atomic E-state index is -0.287. The van der Waals surface area contributed by atoms with Crippen molar-refractivity contribution in [2.45, 2.75) is 46.6 Å². The van der Waals surface area contributed by atoms with Crippen LogP contribution in [-0.4, -0.2) is 27.1 Å². The van der Waals surface area contributed by atoms with Crippen molar-refractivity contribution < 1.29 is 4.79 Å². The van der Waals surface area contributed by atoms with Gasteiger partial charge in [-0.05, 0) is 19.8 Å². The molecule has 0 spiro atoms. The monoisotopic (exact) mass is 251 g/mol. The zero-order chi connectivity index (χ0) is 13.7. The maximum Gasteiger partial charge on any atom is 0.249 e. The Balaban J connectivity index is 2.82. The molecule has 0 aromatic carbocycles. The van der Waals surface area contributed by atoms with E-state index in [1.165, 1.54) is 0 Å². The molecule has 0 aliphatic rings. The van der Waals surface area contributed by atoms with Crippen LogP contribution in [-0.2, 0) is 17.6 Å². The number of nitrogens with zero attached hydrogens (tertiary/aromatic N) is 3. The molecule has 0 aliphatic heterocycles. The van der Waals surface area contributed by atoms with Crippen LogP contribution in [0.15, 0.2) is 0 Å². The first-order valence-electron chi connectivity index (χ1n) is 6.28. The van der Waals surface area contributed by atoms with E-state index in [4.69, 9.17) is 5.73 Å². The highest BCUT2D eigenvalue weighted by molar-refractivity contribution is 5.91. The largest absolute Gasteiger partial charge is 0.327 e. The predicted octanol–water partition coefficient (Wildman–Crippen LogP) is 0.918. The lowest BCUT2D eigenvalue weighted by Crippen LogP contribution is -2.34. The van der Waals surface area contributed by atoms with Crippen molar-refractivity contribution in [3.63, 3.8) is 0 Å². The molecular weight excluding hydrogens is 230 g/mol. The molecular formula is C12H21N5O. The van der Waals surface area contributed by atoms with Gasteiger partial charge >= 0.3 is 0 Å². The molecule has 0 radical (unpaired) electrons. The van der Waals surface area contributed by atoms with Gasteiger partial charge in [-0.25, -0.2) is 4.98 Å². The number of nitrogens with one attached hydrogen (secondary N) is 1. The number of aryl methyl sites for hydroxylation is 2. The summed E-state index contributed by atoms with van der Waals surface area (Å²) >= 11 is 0. The Labute approximate surface area is 107 Å². The van der Waals surface area contributed by atoms with Crippen LogP contribution >= 0.6 is 0 Å². The van der Waals surface area contributed by atoms with Crippen molar-refractivity contribution >= 4 is 11.9 Å². The summed E-state index contributed by atoms with van der Waals surface area (Å²) in [6.45, 7) is 7.57. The average Bonchev–Trinajstić information content (AvgIpc) is 2.37. The van der Waals surface area contributed by atoms with Crippen molar-refractivity contribution in [2.75, 3.05) is 5.32 Å². The Kier molecular flexibility index (Phi) is 5.15. The lowest BCUT2D eigenvalue weighted by molar-refractivity contribution is -0.119. The second-order valence-corrected chi connectivity index (χ2v) is 4.37. The third-order valence-electron chi connectivity index (χ3n) is 2.95. The van der Waals surface area contributed by atoms with E-state index in [1.54, 1.807) is 13.8 Å². The molecule has 2 unspecified atom stereocenters. The van der Waals surface area contributed by atoms with Gasteiger partial charge in [0, 0.05) is 6.04 Å². The van der Waals surface area contributed by atoms with Gasteiger partial charge in [-0.1, -0.05) is 20.8 Å². The Bertz CT molecular complexity index is 419. The van der Waals surface area contributed by atoms with Crippen molar-refractivity contribution in [2.24, 2.45) is 11.7 Å². The number of rotatable bonds is 5. The topological polar surface area (TPSA) is 93.8 Å². The van der Waals surface area contributed by atoms with Crippen LogP contribution in [0.3, 0.4) is 0 Å². The summed E-state index contributed by atoms with van der Waals surface area (Å²) in [5, 5.41) is 10.6. The predicted molar refractivity (Wildman–Crippen MR) is 70.0 cm³/mol. The first-order valence-corrected chi connectivity index (χ1v) is 6.28. The lowest BCUT2D eigenvalue weighted by atomic mass is 10.0. The second kappa shape index (κ2) is 6.39. The van der Waals surface area contributed by atoms with Gasteiger partial charge in [0.15, 0.2) is 0 Å². The Morgan fingerprint density at radius 3 is 2.33 bits per heavy atom. The van der Waals surface area contributed by atoms with E-state index in [-0.39, 0.29) is 23.8 Å². The third kappa shape index (κ3) is 3.46. The number of nitrogens with two attached hydrogens (primary N) is 1. The first-order chi connectivity index (χ1) is 8.49. The number of hydrogen-bond acceptors (Lipinski definition) is 5. The molecule has 1 aromatic heterocycles. The van der Waals surface area contributed by atoms with E-state index in [0.29, 0.717) is 0 Å². The summed E-state index contributed by atoms with van der Waals surface area (Å²) < 4.78 is 0. The van der Waals surface area contributed by atoms with Crippen molar-refractivity contribution in [3.8, 4) is 0 Å². The van der Waals surface area contributed by atoms with Crippen molar-refractivity contribution in [1.82, 2.24) is 15.2 Å². The highest BCUT2D eigenvalue weighted by Crippen LogP contribution is 2.08. The Morgan fingerprint density at radius 1 is 1.22 bits per heavy atom. The van der Waals surface area contributed by atoms with Crippen LogP contribution < -0.4 is 11.1 Å². The summed E-state index contributed by atoms with van der Waals surface area (Å²) in [7, 11) is 0. The number of amides is 1. The molecule has 6 heteroatoms. The van der Waals surface area contributed by atoms with Gasteiger partial charge in [-0.2, -0.15) is 0 Å². The molecule has 6 nitrogen and oxygen atoms in total. The molecule has 1 amide bonds. The number of carbonyl (C=O) groups excluding carboxylic acids is 1. The summed E-state index contributed by atoms with van der Waals surface area (Å²) in [5.74, 6) is -0.218. The molecule has 100 valence electrons. The maximum atomic E-state index is 11.8. The summed E-state index contributed by atoms with van der Waals surface area (Å²) in [6.07, 6.45) is 1.55. The van der Waals surface area contributed by atoms with Crippen LogP contribution in [0.25, 0.3) is 0 Å². The number of carbonyl (C=O) groups is 1. The molecule has 18 heavy (non-hydrogen) atoms. The summed E-state index contributed by atoms with van der Waals surface area (Å²) in [4.78, 5) is 16.1. The van der Waals surface area contributed by atoms with Gasteiger partial charge in [-0.3, -0.25) is 10.1 Å². The van der Waals surface area contributed by atoms with Gasteiger partial charge in [-0.15, -0.1) is 10.2 Å². The molecule has 1 rings (SSSR count). The Hall–Kier alpha value is -1.56. The number of aromatic nitrogens is 3. The molecule has 1 heterocycles. The molecule has 2 atom stereocenters. The van der Waals surface area contributed by atoms with Crippen molar-refractivity contribution in [1.29, 1.82) is 0 Å². The molecule has 0 saturated carbocycles. The highest BCUT2D eigenvalue weighted by Gasteiger charge is 2.18. The van der Waals surface area contributed by atoms with E-state index < -0.39 is 0 Å². The van der Waals surface area contributed by atoms with E-state index in [0.717, 1.165) is 24.2 Å². The molecule has 0 bridgehead atoms. The van der Waals surface area contributed by atoms with Crippen LogP contribution in [0.5, 0.6) is 0 Å². The minimum absolute atomic E-state index is 0.182. The van der Waals surface area contributed by atoms with Gasteiger partial charge < -0.3 is 5.73 Å². The fraction of sp³-hybridized carbons (Fsp3) is 0.667. The minimum Gasteiger partial charge on any atom is -0.327 e.